The summed E-state index contributed by atoms with van der Waals surface area (Å²) in [5.41, 5.74) is 16.1. The molecule has 3 rings (SSSR count). The Morgan fingerprint density at radius 2 is 1.67 bits per heavy atom. The van der Waals surface area contributed by atoms with Crippen LogP contribution in [0.3, 0.4) is 0 Å². The molecule has 0 aliphatic rings. The molecule has 5 N–H and O–H groups in total. The quantitative estimate of drug-likeness (QED) is 0.536. The van der Waals surface area contributed by atoms with Crippen molar-refractivity contribution >= 4 is 28.6 Å². The first-order valence-electron chi connectivity index (χ1n) is 9.01. The maximum Gasteiger partial charge on any atom is 0.275 e. The Balaban J connectivity index is 1.56. The first-order chi connectivity index (χ1) is 13.0. The van der Waals surface area contributed by atoms with E-state index in [2.05, 4.69) is 22.4 Å². The number of nitrogens with one attached hydrogen (secondary N) is 1. The SMILES string of the molecule is CCC(N)c1nc(C(=O)Nc2ccc(CCc3ccc(N)cc3)cc2)cs1. The minimum Gasteiger partial charge on any atom is -0.399 e. The number of amides is 1. The van der Waals surface area contributed by atoms with Crippen molar-refractivity contribution in [2.45, 2.75) is 32.2 Å². The zero-order chi connectivity index (χ0) is 19.2. The highest BCUT2D eigenvalue weighted by Crippen LogP contribution is 2.20. The van der Waals surface area contributed by atoms with Crippen LogP contribution in [0.15, 0.2) is 53.9 Å². The zero-order valence-corrected chi connectivity index (χ0v) is 16.1. The van der Waals surface area contributed by atoms with Gasteiger partial charge in [-0.25, -0.2) is 4.98 Å². The molecule has 1 heterocycles. The summed E-state index contributed by atoms with van der Waals surface area (Å²) in [6.45, 7) is 2.00. The van der Waals surface area contributed by atoms with Gasteiger partial charge in [0.15, 0.2) is 0 Å². The Hall–Kier alpha value is -2.70. The molecular formula is C21H24N4OS. The molecule has 2 aromatic carbocycles. The summed E-state index contributed by atoms with van der Waals surface area (Å²) in [4.78, 5) is 16.7. The summed E-state index contributed by atoms with van der Waals surface area (Å²) in [5, 5.41) is 5.43. The van der Waals surface area contributed by atoms with Crippen LogP contribution in [0, 0.1) is 0 Å². The number of anilines is 2. The molecule has 0 bridgehead atoms. The van der Waals surface area contributed by atoms with Crippen molar-refractivity contribution < 1.29 is 4.79 Å². The van der Waals surface area contributed by atoms with E-state index < -0.39 is 0 Å². The molecule has 0 fully saturated rings. The highest BCUT2D eigenvalue weighted by molar-refractivity contribution is 7.09. The number of carbonyl (C=O) groups is 1. The fraction of sp³-hybridized carbons (Fsp3) is 0.238. The van der Waals surface area contributed by atoms with Crippen molar-refractivity contribution in [3.8, 4) is 0 Å². The zero-order valence-electron chi connectivity index (χ0n) is 15.3. The van der Waals surface area contributed by atoms with Crippen LogP contribution in [0.2, 0.25) is 0 Å². The van der Waals surface area contributed by atoms with Gasteiger partial charge < -0.3 is 16.8 Å². The second kappa shape index (κ2) is 8.79. The lowest BCUT2D eigenvalue weighted by atomic mass is 10.0. The first kappa shape index (κ1) is 19.1. The van der Waals surface area contributed by atoms with Crippen LogP contribution in [0.1, 0.15) is 46.0 Å². The van der Waals surface area contributed by atoms with Crippen molar-refractivity contribution in [3.05, 3.63) is 75.7 Å². The Labute approximate surface area is 163 Å². The number of nitrogens with zero attached hydrogens (tertiary/aromatic N) is 1. The monoisotopic (exact) mass is 380 g/mol. The lowest BCUT2D eigenvalue weighted by Crippen LogP contribution is -2.14. The normalized spacial score (nSPS) is 11.9. The maximum absolute atomic E-state index is 12.3. The van der Waals surface area contributed by atoms with E-state index in [9.17, 15) is 4.79 Å². The molecule has 0 aliphatic heterocycles. The summed E-state index contributed by atoms with van der Waals surface area (Å²) >= 11 is 1.42. The lowest BCUT2D eigenvalue weighted by molar-refractivity contribution is 0.102. The van der Waals surface area contributed by atoms with Gasteiger partial charge in [-0.2, -0.15) is 0 Å². The molecule has 1 atom stereocenters. The van der Waals surface area contributed by atoms with Crippen molar-refractivity contribution in [3.63, 3.8) is 0 Å². The third-order valence-electron chi connectivity index (χ3n) is 4.41. The fourth-order valence-electron chi connectivity index (χ4n) is 2.66. The molecule has 0 saturated heterocycles. The molecule has 1 unspecified atom stereocenters. The lowest BCUT2D eigenvalue weighted by Gasteiger charge is -2.06. The molecule has 0 aliphatic carbocycles. The summed E-state index contributed by atoms with van der Waals surface area (Å²) in [6, 6.07) is 15.7. The van der Waals surface area contributed by atoms with Gasteiger partial charge in [0.25, 0.3) is 5.91 Å². The number of hydrogen-bond donors (Lipinski definition) is 3. The van der Waals surface area contributed by atoms with Gasteiger partial charge in [0.05, 0.1) is 6.04 Å². The third kappa shape index (κ3) is 5.15. The van der Waals surface area contributed by atoms with Gasteiger partial charge in [0.2, 0.25) is 0 Å². The van der Waals surface area contributed by atoms with Gasteiger partial charge in [0.1, 0.15) is 10.7 Å². The molecule has 0 radical (unpaired) electrons. The molecule has 5 nitrogen and oxygen atoms in total. The molecule has 27 heavy (non-hydrogen) atoms. The summed E-state index contributed by atoms with van der Waals surface area (Å²) in [5.74, 6) is -0.213. The van der Waals surface area contributed by atoms with Gasteiger partial charge in [0, 0.05) is 16.8 Å². The number of thiazole rings is 1. The summed E-state index contributed by atoms with van der Waals surface area (Å²) in [6.07, 6.45) is 2.68. The van der Waals surface area contributed by atoms with Gasteiger partial charge in [-0.05, 0) is 54.7 Å². The van der Waals surface area contributed by atoms with Crippen LogP contribution >= 0.6 is 11.3 Å². The number of nitrogen functional groups attached to an aromatic ring is 1. The Kier molecular flexibility index (Phi) is 6.21. The Morgan fingerprint density at radius 1 is 1.07 bits per heavy atom. The van der Waals surface area contributed by atoms with Gasteiger partial charge in [-0.3, -0.25) is 4.79 Å². The molecular weight excluding hydrogens is 356 g/mol. The summed E-state index contributed by atoms with van der Waals surface area (Å²) < 4.78 is 0. The van der Waals surface area contributed by atoms with Crippen molar-refractivity contribution in [2.24, 2.45) is 5.73 Å². The second-order valence-corrected chi connectivity index (χ2v) is 7.37. The van der Waals surface area contributed by atoms with Crippen LogP contribution in [0.4, 0.5) is 11.4 Å². The Bertz CT molecular complexity index is 887. The minimum absolute atomic E-state index is 0.114. The van der Waals surface area contributed by atoms with E-state index in [1.54, 1.807) is 5.38 Å². The number of benzene rings is 2. The molecule has 1 aromatic heterocycles. The van der Waals surface area contributed by atoms with E-state index in [1.165, 1.54) is 22.5 Å². The number of aryl methyl sites for hydroxylation is 2. The molecule has 0 saturated carbocycles. The van der Waals surface area contributed by atoms with Crippen LogP contribution in [-0.4, -0.2) is 10.9 Å². The predicted octanol–water partition coefficient (Wildman–Crippen LogP) is 4.17. The molecule has 6 heteroatoms. The van der Waals surface area contributed by atoms with Crippen molar-refractivity contribution in [1.82, 2.24) is 4.98 Å². The maximum atomic E-state index is 12.3. The predicted molar refractivity (Wildman–Crippen MR) is 112 cm³/mol. The highest BCUT2D eigenvalue weighted by atomic mass is 32.1. The van der Waals surface area contributed by atoms with Crippen molar-refractivity contribution in [1.29, 1.82) is 0 Å². The number of nitrogens with two attached hydrogens (primary N) is 2. The van der Waals surface area contributed by atoms with E-state index >= 15 is 0 Å². The van der Waals surface area contributed by atoms with Crippen LogP contribution in [0.25, 0.3) is 0 Å². The van der Waals surface area contributed by atoms with Crippen LogP contribution < -0.4 is 16.8 Å². The van der Waals surface area contributed by atoms with E-state index in [4.69, 9.17) is 11.5 Å². The van der Waals surface area contributed by atoms with E-state index in [0.717, 1.165) is 35.6 Å². The van der Waals surface area contributed by atoms with E-state index in [0.29, 0.717) is 5.69 Å². The van der Waals surface area contributed by atoms with Gasteiger partial charge in [-0.1, -0.05) is 31.2 Å². The number of carbonyl (C=O) groups excluding carboxylic acids is 1. The smallest absolute Gasteiger partial charge is 0.275 e. The highest BCUT2D eigenvalue weighted by Gasteiger charge is 2.14. The Morgan fingerprint density at radius 3 is 2.26 bits per heavy atom. The molecule has 0 spiro atoms. The average molecular weight is 381 g/mol. The van der Waals surface area contributed by atoms with E-state index in [1.807, 2.05) is 43.3 Å². The number of rotatable bonds is 7. The van der Waals surface area contributed by atoms with Gasteiger partial charge >= 0.3 is 0 Å². The topological polar surface area (TPSA) is 94.0 Å². The standard InChI is InChI=1S/C21H24N4OS/c1-2-18(23)21-25-19(13-27-21)20(26)24-17-11-7-15(8-12-17)4-3-14-5-9-16(22)10-6-14/h5-13,18H,2-4,22-23H2,1H3,(H,24,26). The van der Waals surface area contributed by atoms with Crippen LogP contribution in [0.5, 0.6) is 0 Å². The first-order valence-corrected chi connectivity index (χ1v) is 9.89. The largest absolute Gasteiger partial charge is 0.399 e. The number of aromatic nitrogens is 1. The fourth-order valence-corrected chi connectivity index (χ4v) is 3.54. The van der Waals surface area contributed by atoms with E-state index in [-0.39, 0.29) is 11.9 Å². The van der Waals surface area contributed by atoms with Crippen LogP contribution in [-0.2, 0) is 12.8 Å². The molecule has 1 amide bonds. The minimum atomic E-state index is -0.213. The third-order valence-corrected chi connectivity index (χ3v) is 5.38. The van der Waals surface area contributed by atoms with Crippen molar-refractivity contribution in [2.75, 3.05) is 11.1 Å². The molecule has 140 valence electrons. The second-order valence-electron chi connectivity index (χ2n) is 6.48. The molecule has 3 aromatic rings. The summed E-state index contributed by atoms with van der Waals surface area (Å²) in [7, 11) is 0. The number of hydrogen-bond acceptors (Lipinski definition) is 5. The average Bonchev–Trinajstić information content (AvgIpc) is 3.18. The van der Waals surface area contributed by atoms with Gasteiger partial charge in [-0.15, -0.1) is 11.3 Å².